The largest absolute Gasteiger partial charge is 0.484 e. The zero-order valence-corrected chi connectivity index (χ0v) is 17.1. The van der Waals surface area contributed by atoms with Crippen LogP contribution in [0.3, 0.4) is 0 Å². The molecule has 150 valence electrons. The quantitative estimate of drug-likeness (QED) is 0.556. The highest BCUT2D eigenvalue weighted by Crippen LogP contribution is 2.31. The van der Waals surface area contributed by atoms with Crippen LogP contribution in [0.4, 0.5) is 0 Å². The predicted octanol–water partition coefficient (Wildman–Crippen LogP) is 5.18. The van der Waals surface area contributed by atoms with Crippen molar-refractivity contribution in [2.24, 2.45) is 0 Å². The number of amides is 1. The van der Waals surface area contributed by atoms with Crippen LogP contribution in [0.25, 0.3) is 11.4 Å². The number of hydrogen-bond acceptors (Lipinski definition) is 5. The first-order valence-corrected chi connectivity index (χ1v) is 10.1. The van der Waals surface area contributed by atoms with Gasteiger partial charge in [0.25, 0.3) is 5.91 Å². The molecule has 1 saturated heterocycles. The van der Waals surface area contributed by atoms with Crippen LogP contribution >= 0.6 is 23.2 Å². The first kappa shape index (κ1) is 19.7. The highest BCUT2D eigenvalue weighted by molar-refractivity contribution is 6.31. The summed E-state index contributed by atoms with van der Waals surface area (Å²) in [5.74, 6) is 1.36. The summed E-state index contributed by atoms with van der Waals surface area (Å²) in [4.78, 5) is 19.1. The topological polar surface area (TPSA) is 68.5 Å². The first-order valence-electron chi connectivity index (χ1n) is 9.37. The fourth-order valence-electron chi connectivity index (χ4n) is 3.36. The number of piperidine rings is 1. The van der Waals surface area contributed by atoms with Gasteiger partial charge < -0.3 is 14.2 Å². The van der Waals surface area contributed by atoms with Crippen molar-refractivity contribution in [3.05, 3.63) is 64.5 Å². The molecular formula is C21H19Cl2N3O3. The SMILES string of the molecule is O=C(COc1ccc(Cl)cc1)N1CCCCC1c1nc(-c2cccc(Cl)c2)no1. The summed E-state index contributed by atoms with van der Waals surface area (Å²) in [5.41, 5.74) is 0.771. The molecule has 0 N–H and O–H groups in total. The van der Waals surface area contributed by atoms with Gasteiger partial charge in [0.1, 0.15) is 11.8 Å². The lowest BCUT2D eigenvalue weighted by Gasteiger charge is -2.33. The molecule has 4 rings (SSSR count). The van der Waals surface area contributed by atoms with E-state index in [1.165, 1.54) is 0 Å². The van der Waals surface area contributed by atoms with Crippen LogP contribution in [0.1, 0.15) is 31.2 Å². The molecule has 1 aromatic heterocycles. The van der Waals surface area contributed by atoms with Gasteiger partial charge in [-0.1, -0.05) is 40.5 Å². The van der Waals surface area contributed by atoms with E-state index in [9.17, 15) is 4.79 Å². The van der Waals surface area contributed by atoms with E-state index in [-0.39, 0.29) is 18.6 Å². The van der Waals surface area contributed by atoms with E-state index in [4.69, 9.17) is 32.5 Å². The maximum Gasteiger partial charge on any atom is 0.261 e. The summed E-state index contributed by atoms with van der Waals surface area (Å²) in [7, 11) is 0. The third-order valence-corrected chi connectivity index (χ3v) is 5.30. The molecule has 0 saturated carbocycles. The minimum absolute atomic E-state index is 0.0621. The average Bonchev–Trinajstić information content (AvgIpc) is 3.23. The van der Waals surface area contributed by atoms with Crippen LogP contribution in [-0.2, 0) is 4.79 Å². The fraction of sp³-hybridized carbons (Fsp3) is 0.286. The Hall–Kier alpha value is -2.57. The van der Waals surface area contributed by atoms with E-state index in [0.717, 1.165) is 24.8 Å². The Balaban J connectivity index is 1.47. The summed E-state index contributed by atoms with van der Waals surface area (Å²) in [6.45, 7) is 0.565. The lowest BCUT2D eigenvalue weighted by atomic mass is 10.0. The molecule has 0 bridgehead atoms. The number of carbonyl (C=O) groups excluding carboxylic acids is 1. The number of nitrogens with zero attached hydrogens (tertiary/aromatic N) is 3. The highest BCUT2D eigenvalue weighted by atomic mass is 35.5. The summed E-state index contributed by atoms with van der Waals surface area (Å²) >= 11 is 11.9. The van der Waals surface area contributed by atoms with Gasteiger partial charge in [-0.15, -0.1) is 0 Å². The van der Waals surface area contributed by atoms with E-state index >= 15 is 0 Å². The Kier molecular flexibility index (Phi) is 6.02. The van der Waals surface area contributed by atoms with Crippen molar-refractivity contribution in [1.82, 2.24) is 15.0 Å². The Morgan fingerprint density at radius 1 is 1.14 bits per heavy atom. The molecule has 0 radical (unpaired) electrons. The smallest absolute Gasteiger partial charge is 0.261 e. The van der Waals surface area contributed by atoms with E-state index in [0.29, 0.717) is 34.1 Å². The van der Waals surface area contributed by atoms with Crippen LogP contribution in [0, 0.1) is 0 Å². The monoisotopic (exact) mass is 431 g/mol. The van der Waals surface area contributed by atoms with Crippen LogP contribution in [0.15, 0.2) is 53.1 Å². The second-order valence-electron chi connectivity index (χ2n) is 6.81. The maximum absolute atomic E-state index is 12.8. The van der Waals surface area contributed by atoms with Crippen molar-refractivity contribution in [3.8, 4) is 17.1 Å². The molecule has 8 heteroatoms. The van der Waals surface area contributed by atoms with Crippen LogP contribution in [0.5, 0.6) is 5.75 Å². The zero-order chi connectivity index (χ0) is 20.2. The number of rotatable bonds is 5. The van der Waals surface area contributed by atoms with Crippen molar-refractivity contribution in [3.63, 3.8) is 0 Å². The third-order valence-electron chi connectivity index (χ3n) is 4.81. The van der Waals surface area contributed by atoms with Crippen molar-refractivity contribution >= 4 is 29.1 Å². The fourth-order valence-corrected chi connectivity index (χ4v) is 3.68. The van der Waals surface area contributed by atoms with Crippen molar-refractivity contribution in [2.45, 2.75) is 25.3 Å². The van der Waals surface area contributed by atoms with E-state index in [1.54, 1.807) is 41.3 Å². The molecule has 2 heterocycles. The Bertz CT molecular complexity index is 991. The summed E-state index contributed by atoms with van der Waals surface area (Å²) in [5, 5.41) is 5.29. The number of carbonyl (C=O) groups is 1. The van der Waals surface area contributed by atoms with E-state index in [1.807, 2.05) is 12.1 Å². The molecule has 1 unspecified atom stereocenters. The summed E-state index contributed by atoms with van der Waals surface area (Å²) in [6.07, 6.45) is 2.68. The van der Waals surface area contributed by atoms with Gasteiger partial charge in [0, 0.05) is 22.2 Å². The lowest BCUT2D eigenvalue weighted by molar-refractivity contribution is -0.138. The first-order chi connectivity index (χ1) is 14.1. The molecule has 6 nitrogen and oxygen atoms in total. The molecule has 29 heavy (non-hydrogen) atoms. The van der Waals surface area contributed by atoms with E-state index in [2.05, 4.69) is 10.1 Å². The molecule has 1 atom stereocenters. The normalized spacial score (nSPS) is 16.6. The van der Waals surface area contributed by atoms with Crippen LogP contribution in [-0.4, -0.2) is 34.1 Å². The highest BCUT2D eigenvalue weighted by Gasteiger charge is 2.32. The Morgan fingerprint density at radius 3 is 2.76 bits per heavy atom. The molecule has 0 aliphatic carbocycles. The number of hydrogen-bond donors (Lipinski definition) is 0. The average molecular weight is 432 g/mol. The lowest BCUT2D eigenvalue weighted by Crippen LogP contribution is -2.41. The maximum atomic E-state index is 12.8. The van der Waals surface area contributed by atoms with Gasteiger partial charge in [0.15, 0.2) is 6.61 Å². The van der Waals surface area contributed by atoms with Gasteiger partial charge >= 0.3 is 0 Å². The molecule has 1 aliphatic heterocycles. The number of ether oxygens (including phenoxy) is 1. The summed E-state index contributed by atoms with van der Waals surface area (Å²) in [6, 6.07) is 13.9. The van der Waals surface area contributed by atoms with Gasteiger partial charge in [0.2, 0.25) is 11.7 Å². The van der Waals surface area contributed by atoms with Gasteiger partial charge in [-0.05, 0) is 55.7 Å². The van der Waals surface area contributed by atoms with E-state index < -0.39 is 0 Å². The third kappa shape index (κ3) is 4.71. The molecular weight excluding hydrogens is 413 g/mol. The zero-order valence-electron chi connectivity index (χ0n) is 15.6. The molecule has 1 amide bonds. The second-order valence-corrected chi connectivity index (χ2v) is 7.68. The Morgan fingerprint density at radius 2 is 1.97 bits per heavy atom. The van der Waals surface area contributed by atoms with Gasteiger partial charge in [-0.2, -0.15) is 4.98 Å². The molecule has 0 spiro atoms. The van der Waals surface area contributed by atoms with Gasteiger partial charge in [0.05, 0.1) is 0 Å². The number of benzene rings is 2. The number of likely N-dealkylation sites (tertiary alicyclic amines) is 1. The molecule has 2 aromatic carbocycles. The predicted molar refractivity (Wildman–Crippen MR) is 110 cm³/mol. The van der Waals surface area contributed by atoms with Crippen molar-refractivity contribution < 1.29 is 14.1 Å². The molecule has 1 fully saturated rings. The van der Waals surface area contributed by atoms with Gasteiger partial charge in [-0.25, -0.2) is 0 Å². The minimum Gasteiger partial charge on any atom is -0.484 e. The minimum atomic E-state index is -0.259. The van der Waals surface area contributed by atoms with Crippen LogP contribution < -0.4 is 4.74 Å². The standard InChI is InChI=1S/C21H19Cl2N3O3/c22-15-7-9-17(10-8-15)28-13-19(27)26-11-2-1-6-18(26)21-24-20(25-29-21)14-4-3-5-16(23)12-14/h3-5,7-10,12,18H,1-2,6,11,13H2. The molecule has 1 aliphatic rings. The van der Waals surface area contributed by atoms with Gasteiger partial charge in [-0.3, -0.25) is 4.79 Å². The number of aromatic nitrogens is 2. The summed E-state index contributed by atoms with van der Waals surface area (Å²) < 4.78 is 11.1. The van der Waals surface area contributed by atoms with Crippen molar-refractivity contribution in [2.75, 3.05) is 13.2 Å². The van der Waals surface area contributed by atoms with Crippen LogP contribution in [0.2, 0.25) is 10.0 Å². The second kappa shape index (κ2) is 8.84. The molecule has 3 aromatic rings. The van der Waals surface area contributed by atoms with Crippen molar-refractivity contribution in [1.29, 1.82) is 0 Å². The Labute approximate surface area is 178 Å². The number of halogens is 2.